The third-order valence-corrected chi connectivity index (χ3v) is 6.51. The van der Waals surface area contributed by atoms with Gasteiger partial charge in [-0.15, -0.1) is 0 Å². The SMILES string of the molecule is COc1ccccc1C(=O)NCCCCCc1nc2ccccc2n1CCOc1ccc(C)c(C)c1. The van der Waals surface area contributed by atoms with Crippen molar-refractivity contribution < 1.29 is 14.3 Å². The van der Waals surface area contributed by atoms with E-state index in [1.807, 2.05) is 24.3 Å². The fourth-order valence-corrected chi connectivity index (χ4v) is 4.34. The molecular weight excluding hydrogens is 450 g/mol. The molecule has 0 radical (unpaired) electrons. The van der Waals surface area contributed by atoms with E-state index in [4.69, 9.17) is 14.5 Å². The number of imidazole rings is 1. The lowest BCUT2D eigenvalue weighted by molar-refractivity contribution is 0.0950. The van der Waals surface area contributed by atoms with E-state index in [1.165, 1.54) is 11.1 Å². The zero-order chi connectivity index (χ0) is 25.3. The molecular formula is C30H35N3O3. The molecule has 0 bridgehead atoms. The van der Waals surface area contributed by atoms with Gasteiger partial charge in [0.1, 0.15) is 23.9 Å². The van der Waals surface area contributed by atoms with Crippen molar-refractivity contribution in [3.63, 3.8) is 0 Å². The third-order valence-electron chi connectivity index (χ3n) is 6.51. The molecule has 0 aliphatic heterocycles. The second-order valence-corrected chi connectivity index (χ2v) is 9.03. The molecule has 1 aromatic heterocycles. The van der Waals surface area contributed by atoms with Crippen LogP contribution in [-0.2, 0) is 13.0 Å². The number of methoxy groups -OCH3 is 1. The van der Waals surface area contributed by atoms with Gasteiger partial charge in [-0.3, -0.25) is 4.79 Å². The highest BCUT2D eigenvalue weighted by molar-refractivity contribution is 5.96. The largest absolute Gasteiger partial charge is 0.496 e. The average Bonchev–Trinajstić information content (AvgIpc) is 3.25. The minimum atomic E-state index is -0.0991. The van der Waals surface area contributed by atoms with Gasteiger partial charge in [0.25, 0.3) is 5.91 Å². The Morgan fingerprint density at radius 3 is 2.58 bits per heavy atom. The smallest absolute Gasteiger partial charge is 0.255 e. The molecule has 1 N–H and O–H groups in total. The first-order chi connectivity index (χ1) is 17.6. The van der Waals surface area contributed by atoms with Crippen LogP contribution in [0, 0.1) is 13.8 Å². The van der Waals surface area contributed by atoms with Crippen molar-refractivity contribution in [3.05, 3.63) is 89.2 Å². The summed E-state index contributed by atoms with van der Waals surface area (Å²) in [6.07, 6.45) is 3.82. The van der Waals surface area contributed by atoms with E-state index in [-0.39, 0.29) is 5.91 Å². The summed E-state index contributed by atoms with van der Waals surface area (Å²) in [5.74, 6) is 2.48. The number of aromatic nitrogens is 2. The number of hydrogen-bond donors (Lipinski definition) is 1. The van der Waals surface area contributed by atoms with Crippen LogP contribution in [0.15, 0.2) is 66.7 Å². The summed E-state index contributed by atoms with van der Waals surface area (Å²) in [6, 6.07) is 21.8. The van der Waals surface area contributed by atoms with E-state index in [1.54, 1.807) is 19.2 Å². The molecule has 0 atom stereocenters. The van der Waals surface area contributed by atoms with Gasteiger partial charge in [-0.2, -0.15) is 0 Å². The van der Waals surface area contributed by atoms with Crippen molar-refractivity contribution in [2.75, 3.05) is 20.3 Å². The van der Waals surface area contributed by atoms with E-state index in [0.717, 1.165) is 54.8 Å². The summed E-state index contributed by atoms with van der Waals surface area (Å²) in [7, 11) is 1.58. The monoisotopic (exact) mass is 485 g/mol. The lowest BCUT2D eigenvalue weighted by Gasteiger charge is -2.12. The molecule has 6 nitrogen and oxygen atoms in total. The fraction of sp³-hybridized carbons (Fsp3) is 0.333. The summed E-state index contributed by atoms with van der Waals surface area (Å²) in [6.45, 7) is 6.19. The maximum atomic E-state index is 12.4. The molecule has 0 unspecified atom stereocenters. The first-order valence-corrected chi connectivity index (χ1v) is 12.6. The lowest BCUT2D eigenvalue weighted by atomic mass is 10.1. The van der Waals surface area contributed by atoms with Crippen LogP contribution in [0.25, 0.3) is 11.0 Å². The van der Waals surface area contributed by atoms with E-state index < -0.39 is 0 Å². The topological polar surface area (TPSA) is 65.4 Å². The van der Waals surface area contributed by atoms with Crippen molar-refractivity contribution in [2.45, 2.75) is 46.1 Å². The summed E-state index contributed by atoms with van der Waals surface area (Å²) < 4.78 is 13.6. The normalized spacial score (nSPS) is 11.0. The van der Waals surface area contributed by atoms with Gasteiger partial charge in [0.15, 0.2) is 0 Å². The number of unbranched alkanes of at least 4 members (excludes halogenated alkanes) is 2. The van der Waals surface area contributed by atoms with Gasteiger partial charge in [0.05, 0.1) is 30.3 Å². The second-order valence-electron chi connectivity index (χ2n) is 9.03. The Kier molecular flexibility index (Phi) is 8.61. The number of ether oxygens (including phenoxy) is 2. The number of fused-ring (bicyclic) bond motifs is 1. The number of nitrogens with one attached hydrogen (secondary N) is 1. The van der Waals surface area contributed by atoms with Crippen LogP contribution in [-0.4, -0.2) is 35.7 Å². The summed E-state index contributed by atoms with van der Waals surface area (Å²) in [5, 5.41) is 3.00. The highest BCUT2D eigenvalue weighted by atomic mass is 16.5. The molecule has 0 aliphatic rings. The zero-order valence-electron chi connectivity index (χ0n) is 21.4. The van der Waals surface area contributed by atoms with Gasteiger partial charge in [0.2, 0.25) is 0 Å². The second kappa shape index (κ2) is 12.2. The number of carbonyl (C=O) groups is 1. The van der Waals surface area contributed by atoms with Gasteiger partial charge < -0.3 is 19.4 Å². The molecule has 1 amide bonds. The highest BCUT2D eigenvalue weighted by Gasteiger charge is 2.12. The van der Waals surface area contributed by atoms with Crippen LogP contribution in [0.5, 0.6) is 11.5 Å². The van der Waals surface area contributed by atoms with Crippen LogP contribution >= 0.6 is 0 Å². The van der Waals surface area contributed by atoms with E-state index in [0.29, 0.717) is 24.5 Å². The maximum Gasteiger partial charge on any atom is 0.255 e. The average molecular weight is 486 g/mol. The molecule has 1 heterocycles. The minimum absolute atomic E-state index is 0.0991. The predicted molar refractivity (Wildman–Crippen MR) is 144 cm³/mol. The standard InChI is InChI=1S/C30H35N3O3/c1-22-16-17-24(21-23(22)2)36-20-19-33-27-13-8-7-12-26(27)32-29(33)15-5-4-10-18-31-30(34)25-11-6-9-14-28(25)35-3/h6-9,11-14,16-17,21H,4-5,10,15,18-20H2,1-3H3,(H,31,34). The summed E-state index contributed by atoms with van der Waals surface area (Å²) >= 11 is 0. The first-order valence-electron chi connectivity index (χ1n) is 12.6. The van der Waals surface area contributed by atoms with Crippen LogP contribution < -0.4 is 14.8 Å². The first kappa shape index (κ1) is 25.3. The molecule has 6 heteroatoms. The van der Waals surface area contributed by atoms with Crippen molar-refractivity contribution >= 4 is 16.9 Å². The van der Waals surface area contributed by atoms with Crippen LogP contribution in [0.2, 0.25) is 0 Å². The van der Waals surface area contributed by atoms with E-state index >= 15 is 0 Å². The molecule has 3 aromatic carbocycles. The van der Waals surface area contributed by atoms with Gasteiger partial charge in [-0.1, -0.05) is 36.8 Å². The van der Waals surface area contributed by atoms with Crippen LogP contribution in [0.4, 0.5) is 0 Å². The van der Waals surface area contributed by atoms with Crippen molar-refractivity contribution in [1.29, 1.82) is 0 Å². The minimum Gasteiger partial charge on any atom is -0.496 e. The van der Waals surface area contributed by atoms with Crippen molar-refractivity contribution in [2.24, 2.45) is 0 Å². The molecule has 188 valence electrons. The molecule has 0 saturated carbocycles. The highest BCUT2D eigenvalue weighted by Crippen LogP contribution is 2.20. The molecule has 0 spiro atoms. The third kappa shape index (κ3) is 6.25. The number of benzene rings is 3. The predicted octanol–water partition coefficient (Wildman–Crippen LogP) is 5.88. The number of para-hydroxylation sites is 3. The summed E-state index contributed by atoms with van der Waals surface area (Å²) in [4.78, 5) is 17.3. The Balaban J connectivity index is 1.28. The van der Waals surface area contributed by atoms with E-state index in [9.17, 15) is 4.79 Å². The van der Waals surface area contributed by atoms with Gasteiger partial charge >= 0.3 is 0 Å². The summed E-state index contributed by atoms with van der Waals surface area (Å²) in [5.41, 5.74) is 5.23. The molecule has 36 heavy (non-hydrogen) atoms. The van der Waals surface area contributed by atoms with Crippen molar-refractivity contribution in [1.82, 2.24) is 14.9 Å². The number of rotatable bonds is 12. The number of hydrogen-bond acceptors (Lipinski definition) is 4. The zero-order valence-corrected chi connectivity index (χ0v) is 21.4. The lowest BCUT2D eigenvalue weighted by Crippen LogP contribution is -2.24. The maximum absolute atomic E-state index is 12.4. The molecule has 0 saturated heterocycles. The number of amides is 1. The Morgan fingerprint density at radius 2 is 1.75 bits per heavy atom. The van der Waals surface area contributed by atoms with Gasteiger partial charge in [-0.25, -0.2) is 4.98 Å². The van der Waals surface area contributed by atoms with Crippen LogP contribution in [0.1, 0.15) is 46.6 Å². The Morgan fingerprint density at radius 1 is 0.944 bits per heavy atom. The quantitative estimate of drug-likeness (QED) is 0.254. The van der Waals surface area contributed by atoms with Gasteiger partial charge in [-0.05, 0) is 74.2 Å². The Hall–Kier alpha value is -3.80. The molecule has 4 rings (SSSR count). The van der Waals surface area contributed by atoms with Crippen molar-refractivity contribution in [3.8, 4) is 11.5 Å². The molecule has 0 fully saturated rings. The number of aryl methyl sites for hydroxylation is 3. The number of carbonyl (C=O) groups excluding carboxylic acids is 1. The Labute approximate surface area is 213 Å². The Bertz CT molecular complexity index is 1310. The number of nitrogens with zero attached hydrogens (tertiary/aromatic N) is 2. The fourth-order valence-electron chi connectivity index (χ4n) is 4.34. The molecule has 4 aromatic rings. The molecule has 0 aliphatic carbocycles. The van der Waals surface area contributed by atoms with Gasteiger partial charge in [0, 0.05) is 13.0 Å². The van der Waals surface area contributed by atoms with Crippen LogP contribution in [0.3, 0.4) is 0 Å². The van der Waals surface area contributed by atoms with E-state index in [2.05, 4.69) is 54.1 Å².